The highest BCUT2D eigenvalue weighted by Gasteiger charge is 2.21. The van der Waals surface area contributed by atoms with E-state index in [1.807, 2.05) is 0 Å². The summed E-state index contributed by atoms with van der Waals surface area (Å²) in [6.07, 6.45) is 1.22. The lowest BCUT2D eigenvalue weighted by atomic mass is 10.2. The van der Waals surface area contributed by atoms with E-state index in [0.29, 0.717) is 10.6 Å². The minimum absolute atomic E-state index is 0.00981. The van der Waals surface area contributed by atoms with Gasteiger partial charge in [0.15, 0.2) is 0 Å². The van der Waals surface area contributed by atoms with Crippen molar-refractivity contribution in [3.63, 3.8) is 0 Å². The van der Waals surface area contributed by atoms with E-state index < -0.39 is 10.0 Å². The first-order valence-electron chi connectivity index (χ1n) is 7.52. The van der Waals surface area contributed by atoms with Crippen LogP contribution in [-0.4, -0.2) is 43.9 Å². The predicted octanol–water partition coefficient (Wildman–Crippen LogP) is 3.34. The van der Waals surface area contributed by atoms with E-state index in [-0.39, 0.29) is 22.2 Å². The van der Waals surface area contributed by atoms with Crippen LogP contribution in [0.1, 0.15) is 0 Å². The molecule has 0 atom stereocenters. The minimum atomic E-state index is -3.91. The highest BCUT2D eigenvalue weighted by Crippen LogP contribution is 2.30. The molecule has 0 radical (unpaired) electrons. The molecule has 3 rings (SSSR count). The Kier molecular flexibility index (Phi) is 5.06. The van der Waals surface area contributed by atoms with Gasteiger partial charge in [0.05, 0.1) is 5.56 Å². The molecular weight excluding hydrogens is 376 g/mol. The van der Waals surface area contributed by atoms with E-state index >= 15 is 0 Å². The molecule has 26 heavy (non-hydrogen) atoms. The van der Waals surface area contributed by atoms with E-state index in [1.165, 1.54) is 17.3 Å². The second-order valence-corrected chi connectivity index (χ2v) is 7.61. The Morgan fingerprint density at radius 3 is 2.38 bits per heavy atom. The Morgan fingerprint density at radius 2 is 1.69 bits per heavy atom. The van der Waals surface area contributed by atoms with Crippen LogP contribution in [0.4, 0.5) is 0 Å². The molecule has 0 amide bonds. The number of aromatic nitrogens is 2. The van der Waals surface area contributed by atoms with Crippen molar-refractivity contribution in [2.24, 2.45) is 4.40 Å². The molecule has 1 aromatic heterocycles. The van der Waals surface area contributed by atoms with E-state index in [0.717, 1.165) is 0 Å². The van der Waals surface area contributed by atoms with Gasteiger partial charge in [0.1, 0.15) is 11.2 Å². The maximum Gasteiger partial charge on any atom is 0.284 e. The highest BCUT2D eigenvalue weighted by atomic mass is 35.5. The maximum absolute atomic E-state index is 12.5. The fraction of sp³-hybridized carbons (Fsp3) is 0.118. The smallest absolute Gasteiger partial charge is 0.284 e. The van der Waals surface area contributed by atoms with Crippen LogP contribution in [0.25, 0.3) is 22.9 Å². The van der Waals surface area contributed by atoms with Gasteiger partial charge in [0.25, 0.3) is 10.0 Å². The van der Waals surface area contributed by atoms with Gasteiger partial charge in [-0.15, -0.1) is 14.6 Å². The third-order valence-electron chi connectivity index (χ3n) is 3.33. The number of rotatable bonds is 5. The van der Waals surface area contributed by atoms with Crippen molar-refractivity contribution in [2.75, 3.05) is 14.1 Å². The zero-order valence-electron chi connectivity index (χ0n) is 14.0. The molecule has 0 aliphatic rings. The molecule has 0 N–H and O–H groups in total. The summed E-state index contributed by atoms with van der Waals surface area (Å²) >= 11 is 5.87. The van der Waals surface area contributed by atoms with E-state index in [9.17, 15) is 8.42 Å². The maximum atomic E-state index is 12.5. The molecule has 0 aliphatic carbocycles. The minimum Gasteiger partial charge on any atom is -0.416 e. The van der Waals surface area contributed by atoms with Crippen molar-refractivity contribution < 1.29 is 12.8 Å². The summed E-state index contributed by atoms with van der Waals surface area (Å²) in [6, 6.07) is 13.2. The van der Waals surface area contributed by atoms with Gasteiger partial charge in [-0.25, -0.2) is 0 Å². The number of hydrogen-bond donors (Lipinski definition) is 0. The molecule has 0 saturated heterocycles. The average molecular weight is 391 g/mol. The Labute approximate surface area is 156 Å². The molecular formula is C17H15ClN4O3S. The number of sulfonamides is 1. The number of nitrogens with zero attached hydrogens (tertiary/aromatic N) is 4. The largest absolute Gasteiger partial charge is 0.416 e. The van der Waals surface area contributed by atoms with Crippen molar-refractivity contribution in [1.82, 2.24) is 15.1 Å². The van der Waals surface area contributed by atoms with Crippen LogP contribution in [0.3, 0.4) is 0 Å². The van der Waals surface area contributed by atoms with Crippen LogP contribution in [0.5, 0.6) is 0 Å². The molecule has 0 aliphatic heterocycles. The van der Waals surface area contributed by atoms with E-state index in [2.05, 4.69) is 14.6 Å². The van der Waals surface area contributed by atoms with Crippen LogP contribution in [-0.2, 0) is 10.0 Å². The molecule has 3 aromatic rings. The fourth-order valence-electron chi connectivity index (χ4n) is 2.12. The monoisotopic (exact) mass is 390 g/mol. The zero-order valence-corrected chi connectivity index (χ0v) is 15.6. The van der Waals surface area contributed by atoms with Crippen molar-refractivity contribution >= 4 is 28.0 Å². The number of benzene rings is 2. The Balaban J connectivity index is 2.03. The van der Waals surface area contributed by atoms with Gasteiger partial charge in [-0.1, -0.05) is 23.7 Å². The van der Waals surface area contributed by atoms with Crippen molar-refractivity contribution in [3.8, 4) is 22.9 Å². The van der Waals surface area contributed by atoms with Gasteiger partial charge in [0.2, 0.25) is 11.8 Å². The normalized spacial score (nSPS) is 11.8. The first kappa shape index (κ1) is 18.1. The van der Waals surface area contributed by atoms with Crippen LogP contribution >= 0.6 is 11.6 Å². The zero-order chi connectivity index (χ0) is 18.7. The lowest BCUT2D eigenvalue weighted by Crippen LogP contribution is -2.10. The summed E-state index contributed by atoms with van der Waals surface area (Å²) in [6.45, 7) is 0. The standard InChI is InChI=1S/C17H15ClN4O3S/c1-22(2)11-19-26(23,24)15-6-4-3-5-14(15)17-21-20-16(25-17)12-7-9-13(18)10-8-12/h3-11H,1-2H3. The Bertz CT molecular complexity index is 1040. The number of halogens is 1. The predicted molar refractivity (Wildman–Crippen MR) is 99.5 cm³/mol. The van der Waals surface area contributed by atoms with Crippen LogP contribution in [0.2, 0.25) is 5.02 Å². The fourth-order valence-corrected chi connectivity index (χ4v) is 3.36. The van der Waals surface area contributed by atoms with E-state index in [1.54, 1.807) is 56.6 Å². The summed E-state index contributed by atoms with van der Waals surface area (Å²) < 4.78 is 34.4. The lowest BCUT2D eigenvalue weighted by molar-refractivity contribution is 0.578. The number of hydrogen-bond acceptors (Lipinski definition) is 5. The summed E-state index contributed by atoms with van der Waals surface area (Å²) in [5.74, 6) is 0.356. The highest BCUT2D eigenvalue weighted by molar-refractivity contribution is 7.90. The average Bonchev–Trinajstić information content (AvgIpc) is 3.11. The summed E-state index contributed by atoms with van der Waals surface area (Å²) in [4.78, 5) is 1.52. The first-order valence-corrected chi connectivity index (χ1v) is 9.34. The molecule has 0 saturated carbocycles. The van der Waals surface area contributed by atoms with E-state index in [4.69, 9.17) is 16.0 Å². The molecule has 0 spiro atoms. The summed E-state index contributed by atoms with van der Waals surface area (Å²) in [7, 11) is -0.549. The Hall–Kier alpha value is -2.71. The van der Waals surface area contributed by atoms with Crippen LogP contribution < -0.4 is 0 Å². The van der Waals surface area contributed by atoms with Gasteiger partial charge in [-0.2, -0.15) is 8.42 Å². The summed E-state index contributed by atoms with van der Waals surface area (Å²) in [5, 5.41) is 8.55. The molecule has 0 unspecified atom stereocenters. The van der Waals surface area contributed by atoms with Gasteiger partial charge in [0, 0.05) is 24.7 Å². The van der Waals surface area contributed by atoms with Crippen molar-refractivity contribution in [3.05, 3.63) is 53.6 Å². The van der Waals surface area contributed by atoms with Crippen LogP contribution in [0, 0.1) is 0 Å². The van der Waals surface area contributed by atoms with Gasteiger partial charge in [-0.3, -0.25) is 0 Å². The molecule has 9 heteroatoms. The summed E-state index contributed by atoms with van der Waals surface area (Å²) in [5.41, 5.74) is 0.968. The van der Waals surface area contributed by atoms with Gasteiger partial charge >= 0.3 is 0 Å². The van der Waals surface area contributed by atoms with Gasteiger partial charge < -0.3 is 9.32 Å². The second kappa shape index (κ2) is 7.27. The topological polar surface area (TPSA) is 88.7 Å². The quantitative estimate of drug-likeness (QED) is 0.490. The third-order valence-corrected chi connectivity index (χ3v) is 4.86. The third kappa shape index (κ3) is 3.92. The van der Waals surface area contributed by atoms with Crippen molar-refractivity contribution in [2.45, 2.75) is 4.90 Å². The lowest BCUT2D eigenvalue weighted by Gasteiger charge is -2.06. The molecule has 2 aromatic carbocycles. The Morgan fingerprint density at radius 1 is 1.04 bits per heavy atom. The molecule has 7 nitrogen and oxygen atoms in total. The molecule has 0 bridgehead atoms. The molecule has 0 fully saturated rings. The molecule has 1 heterocycles. The SMILES string of the molecule is CN(C)C=NS(=O)(=O)c1ccccc1-c1nnc(-c2ccc(Cl)cc2)o1. The second-order valence-electron chi connectivity index (χ2n) is 5.57. The van der Waals surface area contributed by atoms with Crippen molar-refractivity contribution in [1.29, 1.82) is 0 Å². The van der Waals surface area contributed by atoms with Gasteiger partial charge in [-0.05, 0) is 36.4 Å². The molecule has 134 valence electrons. The van der Waals surface area contributed by atoms with Crippen LogP contribution in [0.15, 0.2) is 62.2 Å². The first-order chi connectivity index (χ1) is 12.4.